The van der Waals surface area contributed by atoms with E-state index >= 15 is 0 Å². The molecule has 0 unspecified atom stereocenters. The first-order chi connectivity index (χ1) is 9.56. The van der Waals surface area contributed by atoms with E-state index in [1.807, 2.05) is 19.1 Å². The summed E-state index contributed by atoms with van der Waals surface area (Å²) in [5, 5.41) is 9.75. The van der Waals surface area contributed by atoms with Crippen LogP contribution in [-0.4, -0.2) is 16.1 Å². The summed E-state index contributed by atoms with van der Waals surface area (Å²) in [6.45, 7) is 1.90. The number of fused-ring (bicyclic) bond motifs is 1. The number of para-hydroxylation sites is 1. The molecule has 0 aliphatic heterocycles. The molecular weight excluding hydrogens is 278 g/mol. The van der Waals surface area contributed by atoms with E-state index in [-0.39, 0.29) is 5.56 Å². The van der Waals surface area contributed by atoms with Crippen molar-refractivity contribution in [1.29, 1.82) is 0 Å². The van der Waals surface area contributed by atoms with Gasteiger partial charge in [-0.3, -0.25) is 0 Å². The van der Waals surface area contributed by atoms with Crippen molar-refractivity contribution < 1.29 is 14.3 Å². The van der Waals surface area contributed by atoms with Crippen molar-refractivity contribution in [3.63, 3.8) is 0 Å². The van der Waals surface area contributed by atoms with Gasteiger partial charge in [-0.1, -0.05) is 23.7 Å². The molecule has 0 aliphatic rings. The zero-order chi connectivity index (χ0) is 14.3. The lowest BCUT2D eigenvalue weighted by Gasteiger charge is -1.99. The molecule has 0 aliphatic carbocycles. The van der Waals surface area contributed by atoms with Crippen LogP contribution in [0, 0.1) is 6.92 Å². The van der Waals surface area contributed by atoms with Gasteiger partial charge in [0.05, 0.1) is 5.56 Å². The number of benzene rings is 2. The largest absolute Gasteiger partial charge is 0.478 e. The first-order valence-corrected chi connectivity index (χ1v) is 6.33. The van der Waals surface area contributed by atoms with Crippen molar-refractivity contribution >= 4 is 28.7 Å². The third-order valence-corrected chi connectivity index (χ3v) is 3.48. The predicted octanol–water partition coefficient (Wildman–Crippen LogP) is 4.15. The van der Waals surface area contributed by atoms with Crippen LogP contribution in [-0.2, 0) is 0 Å². The Kier molecular flexibility index (Phi) is 2.95. The van der Waals surface area contributed by atoms with Gasteiger partial charge in [0.1, 0.15) is 5.52 Å². The number of oxazole rings is 1. The van der Waals surface area contributed by atoms with Crippen LogP contribution in [0.4, 0.5) is 0 Å². The first-order valence-electron chi connectivity index (χ1n) is 5.95. The number of carboxylic acids is 1. The van der Waals surface area contributed by atoms with E-state index in [4.69, 9.17) is 21.1 Å². The van der Waals surface area contributed by atoms with Gasteiger partial charge in [-0.2, -0.15) is 0 Å². The summed E-state index contributed by atoms with van der Waals surface area (Å²) in [7, 11) is 0. The molecule has 4 nitrogen and oxygen atoms in total. The number of aromatic nitrogens is 1. The highest BCUT2D eigenvalue weighted by Crippen LogP contribution is 2.29. The second kappa shape index (κ2) is 4.65. The summed E-state index contributed by atoms with van der Waals surface area (Å²) < 4.78 is 5.61. The van der Waals surface area contributed by atoms with Gasteiger partial charge >= 0.3 is 5.97 Å². The summed E-state index contributed by atoms with van der Waals surface area (Å²) in [4.78, 5) is 15.4. The van der Waals surface area contributed by atoms with Crippen molar-refractivity contribution in [2.24, 2.45) is 0 Å². The number of halogens is 1. The third kappa shape index (κ3) is 2.04. The van der Waals surface area contributed by atoms with Crippen LogP contribution >= 0.6 is 11.6 Å². The van der Waals surface area contributed by atoms with Crippen LogP contribution in [0.15, 0.2) is 40.8 Å². The van der Waals surface area contributed by atoms with Crippen LogP contribution in [0.1, 0.15) is 15.9 Å². The fraction of sp³-hybridized carbons (Fsp3) is 0.0667. The molecule has 2 aromatic carbocycles. The van der Waals surface area contributed by atoms with Gasteiger partial charge in [0.15, 0.2) is 5.58 Å². The van der Waals surface area contributed by atoms with Crippen molar-refractivity contribution in [3.05, 3.63) is 52.5 Å². The Hall–Kier alpha value is -2.33. The molecule has 0 amide bonds. The number of aryl methyl sites for hydroxylation is 1. The number of rotatable bonds is 2. The Morgan fingerprint density at radius 1 is 1.30 bits per heavy atom. The fourth-order valence-corrected chi connectivity index (χ4v) is 2.15. The Morgan fingerprint density at radius 2 is 2.10 bits per heavy atom. The third-order valence-electron chi connectivity index (χ3n) is 3.07. The number of carbonyl (C=O) groups is 1. The van der Waals surface area contributed by atoms with Gasteiger partial charge in [0, 0.05) is 10.6 Å². The average Bonchev–Trinajstić information content (AvgIpc) is 2.85. The predicted molar refractivity (Wildman–Crippen MR) is 76.2 cm³/mol. The number of carboxylic acid groups (broad SMARTS) is 1. The SMILES string of the molecule is Cc1ccc(-c2nc3c(C(=O)O)cccc3o2)cc1Cl. The lowest BCUT2D eigenvalue weighted by atomic mass is 10.1. The van der Waals surface area contributed by atoms with Crippen LogP contribution < -0.4 is 0 Å². The van der Waals surface area contributed by atoms with Gasteiger partial charge in [-0.05, 0) is 36.8 Å². The Labute approximate surface area is 119 Å². The number of aromatic carboxylic acids is 1. The molecule has 1 aromatic heterocycles. The standard InChI is InChI=1S/C15H10ClNO3/c1-8-5-6-9(7-11(8)16)14-17-13-10(15(18)19)3-2-4-12(13)20-14/h2-7H,1H3,(H,18,19). The topological polar surface area (TPSA) is 63.3 Å². The number of hydrogen-bond acceptors (Lipinski definition) is 3. The quantitative estimate of drug-likeness (QED) is 0.769. The molecule has 0 atom stereocenters. The summed E-state index contributed by atoms with van der Waals surface area (Å²) in [6.07, 6.45) is 0. The molecule has 0 fully saturated rings. The van der Waals surface area contributed by atoms with Crippen molar-refractivity contribution in [2.75, 3.05) is 0 Å². The molecule has 100 valence electrons. The fourth-order valence-electron chi connectivity index (χ4n) is 1.97. The number of nitrogens with zero attached hydrogens (tertiary/aromatic N) is 1. The lowest BCUT2D eigenvalue weighted by molar-refractivity contribution is 0.0699. The van der Waals surface area contributed by atoms with E-state index in [9.17, 15) is 4.79 Å². The maximum Gasteiger partial charge on any atom is 0.338 e. The van der Waals surface area contributed by atoms with Gasteiger partial charge in [0.25, 0.3) is 0 Å². The molecule has 3 rings (SSSR count). The number of hydrogen-bond donors (Lipinski definition) is 1. The molecule has 0 bridgehead atoms. The zero-order valence-corrected chi connectivity index (χ0v) is 11.3. The normalized spacial score (nSPS) is 10.9. The van der Waals surface area contributed by atoms with Crippen molar-refractivity contribution in [1.82, 2.24) is 4.98 Å². The molecular formula is C15H10ClNO3. The Bertz CT molecular complexity index is 823. The minimum Gasteiger partial charge on any atom is -0.478 e. The van der Waals surface area contributed by atoms with Crippen LogP contribution in [0.3, 0.4) is 0 Å². The molecule has 1 heterocycles. The average molecular weight is 288 g/mol. The van der Waals surface area contributed by atoms with E-state index in [1.165, 1.54) is 6.07 Å². The highest BCUT2D eigenvalue weighted by molar-refractivity contribution is 6.31. The summed E-state index contributed by atoms with van der Waals surface area (Å²) >= 11 is 6.08. The summed E-state index contributed by atoms with van der Waals surface area (Å²) in [6, 6.07) is 10.3. The summed E-state index contributed by atoms with van der Waals surface area (Å²) in [5.41, 5.74) is 2.57. The Balaban J connectivity index is 2.20. The highest BCUT2D eigenvalue weighted by Gasteiger charge is 2.15. The highest BCUT2D eigenvalue weighted by atomic mass is 35.5. The molecule has 0 radical (unpaired) electrons. The van der Waals surface area contributed by atoms with E-state index < -0.39 is 5.97 Å². The Morgan fingerprint density at radius 3 is 2.80 bits per heavy atom. The van der Waals surface area contributed by atoms with Gasteiger partial charge in [-0.15, -0.1) is 0 Å². The van der Waals surface area contributed by atoms with E-state index in [2.05, 4.69) is 4.98 Å². The monoisotopic (exact) mass is 287 g/mol. The minimum atomic E-state index is -1.03. The lowest BCUT2D eigenvalue weighted by Crippen LogP contribution is -1.96. The second-order valence-electron chi connectivity index (χ2n) is 4.44. The van der Waals surface area contributed by atoms with E-state index in [1.54, 1.807) is 18.2 Å². The molecule has 3 aromatic rings. The van der Waals surface area contributed by atoms with Gasteiger partial charge in [-0.25, -0.2) is 9.78 Å². The smallest absolute Gasteiger partial charge is 0.338 e. The molecule has 0 saturated heterocycles. The molecule has 0 saturated carbocycles. The molecule has 5 heteroatoms. The van der Waals surface area contributed by atoms with Crippen LogP contribution in [0.5, 0.6) is 0 Å². The van der Waals surface area contributed by atoms with Gasteiger partial charge < -0.3 is 9.52 Å². The molecule has 20 heavy (non-hydrogen) atoms. The zero-order valence-electron chi connectivity index (χ0n) is 10.6. The minimum absolute atomic E-state index is 0.121. The van der Waals surface area contributed by atoms with Crippen LogP contribution in [0.25, 0.3) is 22.6 Å². The van der Waals surface area contributed by atoms with Gasteiger partial charge in [0.2, 0.25) is 5.89 Å². The maximum atomic E-state index is 11.2. The molecule has 0 spiro atoms. The summed E-state index contributed by atoms with van der Waals surface area (Å²) in [5.74, 6) is -0.673. The van der Waals surface area contributed by atoms with E-state index in [0.29, 0.717) is 27.6 Å². The van der Waals surface area contributed by atoms with Crippen molar-refractivity contribution in [3.8, 4) is 11.5 Å². The molecule has 1 N–H and O–H groups in total. The maximum absolute atomic E-state index is 11.2. The van der Waals surface area contributed by atoms with Crippen molar-refractivity contribution in [2.45, 2.75) is 6.92 Å². The first kappa shape index (κ1) is 12.7. The van der Waals surface area contributed by atoms with Crippen LogP contribution in [0.2, 0.25) is 5.02 Å². The second-order valence-corrected chi connectivity index (χ2v) is 4.85. The van der Waals surface area contributed by atoms with E-state index in [0.717, 1.165) is 5.56 Å².